The van der Waals surface area contributed by atoms with E-state index in [4.69, 9.17) is 4.52 Å². The SMILES string of the molecule is CC(O)c1nc(-c2nccn2C)no1. The van der Waals surface area contributed by atoms with Gasteiger partial charge in [0.25, 0.3) is 5.89 Å². The molecule has 0 amide bonds. The maximum atomic E-state index is 9.18. The summed E-state index contributed by atoms with van der Waals surface area (Å²) in [5, 5.41) is 12.9. The van der Waals surface area contributed by atoms with Gasteiger partial charge in [0.05, 0.1) is 0 Å². The van der Waals surface area contributed by atoms with Crippen molar-refractivity contribution in [2.24, 2.45) is 7.05 Å². The van der Waals surface area contributed by atoms with Crippen molar-refractivity contribution in [3.63, 3.8) is 0 Å². The molecule has 74 valence electrons. The predicted molar refractivity (Wildman–Crippen MR) is 47.1 cm³/mol. The van der Waals surface area contributed by atoms with Crippen molar-refractivity contribution < 1.29 is 9.63 Å². The van der Waals surface area contributed by atoms with Gasteiger partial charge >= 0.3 is 0 Å². The summed E-state index contributed by atoms with van der Waals surface area (Å²) >= 11 is 0. The lowest BCUT2D eigenvalue weighted by molar-refractivity contribution is 0.152. The molecular weight excluding hydrogens is 184 g/mol. The molecule has 2 aromatic rings. The summed E-state index contributed by atoms with van der Waals surface area (Å²) in [5.74, 6) is 1.19. The van der Waals surface area contributed by atoms with Crippen molar-refractivity contribution in [2.75, 3.05) is 0 Å². The first-order valence-electron chi connectivity index (χ1n) is 4.18. The highest BCUT2D eigenvalue weighted by molar-refractivity contribution is 5.42. The normalized spacial score (nSPS) is 13.1. The predicted octanol–water partition coefficient (Wildman–Crippen LogP) is 0.523. The molecule has 6 nitrogen and oxygen atoms in total. The van der Waals surface area contributed by atoms with E-state index in [1.54, 1.807) is 23.9 Å². The van der Waals surface area contributed by atoms with Crippen LogP contribution in [0, 0.1) is 0 Å². The summed E-state index contributed by atoms with van der Waals surface area (Å²) in [6.07, 6.45) is 2.68. The second kappa shape index (κ2) is 3.22. The molecule has 1 atom stereocenters. The van der Waals surface area contributed by atoms with Crippen molar-refractivity contribution >= 4 is 0 Å². The highest BCUT2D eigenvalue weighted by atomic mass is 16.5. The molecule has 0 bridgehead atoms. The van der Waals surface area contributed by atoms with E-state index in [0.717, 1.165) is 0 Å². The van der Waals surface area contributed by atoms with E-state index in [0.29, 0.717) is 11.6 Å². The van der Waals surface area contributed by atoms with E-state index in [1.807, 2.05) is 7.05 Å². The monoisotopic (exact) mass is 194 g/mol. The largest absolute Gasteiger partial charge is 0.384 e. The summed E-state index contributed by atoms with van der Waals surface area (Å²) in [6.45, 7) is 1.57. The quantitative estimate of drug-likeness (QED) is 0.754. The van der Waals surface area contributed by atoms with Gasteiger partial charge in [0.2, 0.25) is 5.82 Å². The number of hydrogen-bond acceptors (Lipinski definition) is 5. The Hall–Kier alpha value is -1.69. The number of aryl methyl sites for hydroxylation is 1. The zero-order valence-electron chi connectivity index (χ0n) is 7.88. The highest BCUT2D eigenvalue weighted by Crippen LogP contribution is 2.15. The summed E-state index contributed by atoms with van der Waals surface area (Å²) in [7, 11) is 1.83. The van der Waals surface area contributed by atoms with Crippen LogP contribution in [0.4, 0.5) is 0 Å². The minimum atomic E-state index is -0.753. The molecule has 0 aromatic carbocycles. The Morgan fingerprint density at radius 3 is 2.86 bits per heavy atom. The first-order valence-corrected chi connectivity index (χ1v) is 4.18. The van der Waals surface area contributed by atoms with Gasteiger partial charge in [0.15, 0.2) is 5.82 Å². The van der Waals surface area contributed by atoms with Crippen LogP contribution in [0.5, 0.6) is 0 Å². The van der Waals surface area contributed by atoms with Gasteiger partial charge in [-0.1, -0.05) is 5.16 Å². The van der Waals surface area contributed by atoms with Crippen LogP contribution in [-0.2, 0) is 7.05 Å². The van der Waals surface area contributed by atoms with Gasteiger partial charge in [-0.25, -0.2) is 4.98 Å². The third kappa shape index (κ3) is 1.39. The van der Waals surface area contributed by atoms with E-state index in [1.165, 1.54) is 0 Å². The third-order valence-corrected chi connectivity index (χ3v) is 1.82. The molecule has 0 fully saturated rings. The van der Waals surface area contributed by atoms with Gasteiger partial charge in [0, 0.05) is 19.4 Å². The van der Waals surface area contributed by atoms with Crippen molar-refractivity contribution in [1.29, 1.82) is 0 Å². The standard InChI is InChI=1S/C8H10N4O2/c1-5(13)8-10-6(11-14-8)7-9-3-4-12(7)2/h3-5,13H,1-2H3. The minimum Gasteiger partial charge on any atom is -0.384 e. The summed E-state index contributed by atoms with van der Waals surface area (Å²) in [4.78, 5) is 8.06. The van der Waals surface area contributed by atoms with Crippen molar-refractivity contribution in [3.8, 4) is 11.6 Å². The average Bonchev–Trinajstić information content (AvgIpc) is 2.71. The lowest BCUT2D eigenvalue weighted by Crippen LogP contribution is -1.94. The van der Waals surface area contributed by atoms with Gasteiger partial charge in [-0.05, 0) is 6.92 Å². The maximum absolute atomic E-state index is 9.18. The molecule has 0 aliphatic carbocycles. The van der Waals surface area contributed by atoms with Crippen LogP contribution >= 0.6 is 0 Å². The first-order chi connectivity index (χ1) is 6.68. The third-order valence-electron chi connectivity index (χ3n) is 1.82. The van der Waals surface area contributed by atoms with Gasteiger partial charge in [-0.2, -0.15) is 4.98 Å². The summed E-state index contributed by atoms with van der Waals surface area (Å²) in [5.41, 5.74) is 0. The smallest absolute Gasteiger partial charge is 0.255 e. The molecule has 0 aliphatic heterocycles. The number of hydrogen-bond donors (Lipinski definition) is 1. The molecule has 6 heteroatoms. The molecule has 0 spiro atoms. The highest BCUT2D eigenvalue weighted by Gasteiger charge is 2.14. The van der Waals surface area contributed by atoms with Crippen LogP contribution in [0.3, 0.4) is 0 Å². The van der Waals surface area contributed by atoms with Crippen LogP contribution in [0.25, 0.3) is 11.6 Å². The number of aromatic nitrogens is 4. The first kappa shape index (κ1) is 8.89. The van der Waals surface area contributed by atoms with Crippen molar-refractivity contribution in [1.82, 2.24) is 19.7 Å². The molecule has 1 unspecified atom stereocenters. The number of aliphatic hydroxyl groups excluding tert-OH is 1. The molecule has 0 saturated heterocycles. The second-order valence-corrected chi connectivity index (χ2v) is 2.99. The molecule has 0 radical (unpaired) electrons. The van der Waals surface area contributed by atoms with Crippen LogP contribution in [0.2, 0.25) is 0 Å². The number of aliphatic hydroxyl groups is 1. The van der Waals surface area contributed by atoms with Gasteiger partial charge < -0.3 is 14.2 Å². The molecular formula is C8H10N4O2. The molecule has 14 heavy (non-hydrogen) atoms. The van der Waals surface area contributed by atoms with Crippen molar-refractivity contribution in [3.05, 3.63) is 18.3 Å². The van der Waals surface area contributed by atoms with Gasteiger partial charge in [-0.3, -0.25) is 0 Å². The van der Waals surface area contributed by atoms with Gasteiger partial charge in [-0.15, -0.1) is 0 Å². The van der Waals surface area contributed by atoms with E-state index < -0.39 is 6.10 Å². The lowest BCUT2D eigenvalue weighted by Gasteiger charge is -1.93. The van der Waals surface area contributed by atoms with E-state index in [9.17, 15) is 5.11 Å². The van der Waals surface area contributed by atoms with Crippen LogP contribution in [0.15, 0.2) is 16.9 Å². The number of nitrogens with zero attached hydrogens (tertiary/aromatic N) is 4. The summed E-state index contributed by atoms with van der Waals surface area (Å²) < 4.78 is 6.61. The minimum absolute atomic E-state index is 0.197. The lowest BCUT2D eigenvalue weighted by atomic mass is 10.4. The fraction of sp³-hybridized carbons (Fsp3) is 0.375. The second-order valence-electron chi connectivity index (χ2n) is 2.99. The fourth-order valence-corrected chi connectivity index (χ4v) is 1.08. The Morgan fingerprint density at radius 2 is 2.36 bits per heavy atom. The maximum Gasteiger partial charge on any atom is 0.255 e. The Kier molecular flexibility index (Phi) is 2.05. The number of imidazole rings is 1. The average molecular weight is 194 g/mol. The molecule has 1 N–H and O–H groups in total. The Morgan fingerprint density at radius 1 is 1.57 bits per heavy atom. The fourth-order valence-electron chi connectivity index (χ4n) is 1.08. The Labute approximate surface area is 80.2 Å². The zero-order chi connectivity index (χ0) is 10.1. The van der Waals surface area contributed by atoms with Crippen LogP contribution in [-0.4, -0.2) is 24.8 Å². The Bertz CT molecular complexity index is 432. The topological polar surface area (TPSA) is 77.0 Å². The number of rotatable bonds is 2. The van der Waals surface area contributed by atoms with E-state index in [2.05, 4.69) is 15.1 Å². The summed E-state index contributed by atoms with van der Waals surface area (Å²) in [6, 6.07) is 0. The van der Waals surface area contributed by atoms with Crippen molar-refractivity contribution in [2.45, 2.75) is 13.0 Å². The van der Waals surface area contributed by atoms with Crippen LogP contribution < -0.4 is 0 Å². The molecule has 2 rings (SSSR count). The van der Waals surface area contributed by atoms with E-state index in [-0.39, 0.29) is 5.89 Å². The Balaban J connectivity index is 2.39. The van der Waals surface area contributed by atoms with Gasteiger partial charge in [0.1, 0.15) is 6.10 Å². The molecule has 2 aromatic heterocycles. The molecule has 0 aliphatic rings. The molecule has 2 heterocycles. The zero-order valence-corrected chi connectivity index (χ0v) is 7.88. The van der Waals surface area contributed by atoms with Crippen LogP contribution in [0.1, 0.15) is 18.9 Å². The van der Waals surface area contributed by atoms with E-state index >= 15 is 0 Å². The molecule has 0 saturated carbocycles.